The molecule has 2 N–H and O–H groups in total. The Morgan fingerprint density at radius 3 is 1.33 bits per heavy atom. The van der Waals surface area contributed by atoms with Gasteiger partial charge in [-0.1, -0.05) is 0 Å². The Morgan fingerprint density at radius 2 is 1.25 bits per heavy atom. The number of aliphatic hydroxyl groups is 2. The Balaban J connectivity index is 3.03. The summed E-state index contributed by atoms with van der Waals surface area (Å²) >= 11 is 6.00. The van der Waals surface area contributed by atoms with E-state index in [2.05, 4.69) is 0 Å². The highest BCUT2D eigenvalue weighted by Gasteiger charge is 2.57. The average Bonchev–Trinajstić information content (AvgIpc) is 2.06. The summed E-state index contributed by atoms with van der Waals surface area (Å²) in [5.74, 6) is 0. The van der Waals surface area contributed by atoms with Crippen molar-refractivity contribution >= 4 is 11.8 Å². The van der Waals surface area contributed by atoms with Gasteiger partial charge in [0.15, 0.2) is 0 Å². The SMILES string of the molecule is CC1(C)[C@@H](O)[C@H](O)C(C)(C)N1Cl. The number of nitrogens with zero attached hydrogens (tertiary/aromatic N) is 1. The molecular weight excluding hydrogens is 178 g/mol. The first kappa shape index (κ1) is 10.3. The fraction of sp³-hybridized carbons (Fsp3) is 1.00. The van der Waals surface area contributed by atoms with E-state index in [4.69, 9.17) is 11.8 Å². The molecule has 0 radical (unpaired) electrons. The standard InChI is InChI=1S/C8H16ClNO2/c1-7(2)5(11)6(12)8(3,4)10(7)9/h5-6,11-12H,1-4H3/t5-,6-/m0/s1. The van der Waals surface area contributed by atoms with Crippen molar-refractivity contribution in [2.45, 2.75) is 51.0 Å². The third-order valence-electron chi connectivity index (χ3n) is 2.76. The van der Waals surface area contributed by atoms with Gasteiger partial charge < -0.3 is 10.2 Å². The van der Waals surface area contributed by atoms with E-state index in [-0.39, 0.29) is 0 Å². The van der Waals surface area contributed by atoms with Crippen molar-refractivity contribution in [1.82, 2.24) is 4.42 Å². The maximum atomic E-state index is 9.66. The van der Waals surface area contributed by atoms with E-state index in [0.717, 1.165) is 0 Å². The molecule has 2 atom stereocenters. The Kier molecular flexibility index (Phi) is 2.20. The van der Waals surface area contributed by atoms with Gasteiger partial charge in [0.1, 0.15) is 12.2 Å². The van der Waals surface area contributed by atoms with Crippen LogP contribution in [0.15, 0.2) is 0 Å². The lowest BCUT2D eigenvalue weighted by molar-refractivity contribution is 0.000554. The molecule has 1 fully saturated rings. The molecule has 1 rings (SSSR count). The van der Waals surface area contributed by atoms with Crippen LogP contribution in [0.1, 0.15) is 27.7 Å². The molecule has 0 aromatic rings. The van der Waals surface area contributed by atoms with E-state index in [9.17, 15) is 10.2 Å². The monoisotopic (exact) mass is 193 g/mol. The van der Waals surface area contributed by atoms with Crippen LogP contribution in [-0.4, -0.2) is 37.9 Å². The molecule has 72 valence electrons. The van der Waals surface area contributed by atoms with Gasteiger partial charge in [-0.25, -0.2) is 4.42 Å². The zero-order valence-corrected chi connectivity index (χ0v) is 8.63. The summed E-state index contributed by atoms with van der Waals surface area (Å²) in [7, 11) is 0. The molecule has 1 saturated heterocycles. The maximum Gasteiger partial charge on any atom is 0.101 e. The molecule has 0 amide bonds. The van der Waals surface area contributed by atoms with E-state index >= 15 is 0 Å². The maximum absolute atomic E-state index is 9.66. The first-order valence-electron chi connectivity index (χ1n) is 4.04. The molecule has 0 spiro atoms. The fourth-order valence-electron chi connectivity index (χ4n) is 1.75. The van der Waals surface area contributed by atoms with Gasteiger partial charge in [0, 0.05) is 0 Å². The molecule has 1 aliphatic heterocycles. The highest BCUT2D eigenvalue weighted by Crippen LogP contribution is 2.42. The largest absolute Gasteiger partial charge is 0.388 e. The summed E-state index contributed by atoms with van der Waals surface area (Å²) in [6, 6.07) is 0. The lowest BCUT2D eigenvalue weighted by atomic mass is 9.94. The van der Waals surface area contributed by atoms with Crippen LogP contribution in [0.5, 0.6) is 0 Å². The van der Waals surface area contributed by atoms with Gasteiger partial charge in [-0.05, 0) is 39.5 Å². The predicted molar refractivity (Wildman–Crippen MR) is 47.9 cm³/mol. The molecule has 1 heterocycles. The van der Waals surface area contributed by atoms with E-state index in [1.54, 1.807) is 0 Å². The summed E-state index contributed by atoms with van der Waals surface area (Å²) in [6.45, 7) is 7.23. The quantitative estimate of drug-likeness (QED) is 0.558. The van der Waals surface area contributed by atoms with Crippen molar-refractivity contribution < 1.29 is 10.2 Å². The molecule has 0 aliphatic carbocycles. The summed E-state index contributed by atoms with van der Waals surface area (Å²) in [4.78, 5) is 0. The summed E-state index contributed by atoms with van der Waals surface area (Å²) in [5, 5.41) is 19.3. The molecule has 4 heteroatoms. The van der Waals surface area contributed by atoms with Crippen molar-refractivity contribution in [2.75, 3.05) is 0 Å². The van der Waals surface area contributed by atoms with E-state index in [0.29, 0.717) is 0 Å². The lowest BCUT2D eigenvalue weighted by Gasteiger charge is -2.33. The van der Waals surface area contributed by atoms with Gasteiger partial charge in [0.2, 0.25) is 0 Å². The summed E-state index contributed by atoms with van der Waals surface area (Å²) in [6.07, 6.45) is -1.60. The smallest absolute Gasteiger partial charge is 0.101 e. The minimum Gasteiger partial charge on any atom is -0.388 e. The van der Waals surface area contributed by atoms with Gasteiger partial charge in [-0.2, -0.15) is 0 Å². The average molecular weight is 194 g/mol. The van der Waals surface area contributed by atoms with E-state index < -0.39 is 23.3 Å². The number of hydrogen-bond donors (Lipinski definition) is 2. The Bertz CT molecular complexity index is 173. The van der Waals surface area contributed by atoms with Gasteiger partial charge in [0.25, 0.3) is 0 Å². The lowest BCUT2D eigenvalue weighted by Crippen LogP contribution is -2.44. The van der Waals surface area contributed by atoms with Crippen LogP contribution in [0, 0.1) is 0 Å². The van der Waals surface area contributed by atoms with Gasteiger partial charge in [-0.15, -0.1) is 0 Å². The van der Waals surface area contributed by atoms with Crippen LogP contribution in [0.2, 0.25) is 0 Å². The number of halogens is 1. The Morgan fingerprint density at radius 1 is 1.00 bits per heavy atom. The van der Waals surface area contributed by atoms with Crippen LogP contribution >= 0.6 is 11.8 Å². The van der Waals surface area contributed by atoms with Crippen molar-refractivity contribution in [1.29, 1.82) is 0 Å². The zero-order valence-electron chi connectivity index (χ0n) is 7.87. The molecule has 0 aromatic heterocycles. The first-order chi connectivity index (χ1) is 5.22. The highest BCUT2D eigenvalue weighted by molar-refractivity contribution is 6.14. The Hall–Kier alpha value is 0.170. The minimum absolute atomic E-state index is 0.579. The number of hydrogen-bond acceptors (Lipinski definition) is 3. The van der Waals surface area contributed by atoms with Gasteiger partial charge >= 0.3 is 0 Å². The molecule has 0 aromatic carbocycles. The van der Waals surface area contributed by atoms with Crippen molar-refractivity contribution in [3.63, 3.8) is 0 Å². The van der Waals surface area contributed by atoms with E-state index in [1.807, 2.05) is 27.7 Å². The molecule has 0 bridgehead atoms. The van der Waals surface area contributed by atoms with Gasteiger partial charge in [0.05, 0.1) is 11.1 Å². The second kappa shape index (κ2) is 2.58. The molecule has 12 heavy (non-hydrogen) atoms. The summed E-state index contributed by atoms with van der Waals surface area (Å²) < 4.78 is 1.50. The first-order valence-corrected chi connectivity index (χ1v) is 4.38. The van der Waals surface area contributed by atoms with Crippen LogP contribution in [0.4, 0.5) is 0 Å². The van der Waals surface area contributed by atoms with E-state index in [1.165, 1.54) is 4.42 Å². The normalized spacial score (nSPS) is 40.2. The molecule has 1 aliphatic rings. The van der Waals surface area contributed by atoms with Crippen LogP contribution in [0.25, 0.3) is 0 Å². The second-order valence-electron chi connectivity index (χ2n) is 4.48. The minimum atomic E-state index is -0.801. The summed E-state index contributed by atoms with van der Waals surface area (Å²) in [5.41, 5.74) is -1.16. The second-order valence-corrected chi connectivity index (χ2v) is 4.82. The number of aliphatic hydroxyl groups excluding tert-OH is 2. The van der Waals surface area contributed by atoms with Crippen LogP contribution in [-0.2, 0) is 0 Å². The van der Waals surface area contributed by atoms with Crippen LogP contribution in [0.3, 0.4) is 0 Å². The zero-order chi connectivity index (χ0) is 9.73. The molecule has 0 saturated carbocycles. The Labute approximate surface area is 78.1 Å². The predicted octanol–water partition coefficient (Wildman–Crippen LogP) is 0.735. The molecule has 3 nitrogen and oxygen atoms in total. The topological polar surface area (TPSA) is 43.7 Å². The van der Waals surface area contributed by atoms with Crippen LogP contribution < -0.4 is 0 Å². The molecule has 0 unspecified atom stereocenters. The third-order valence-corrected chi connectivity index (χ3v) is 3.63. The van der Waals surface area contributed by atoms with Crippen molar-refractivity contribution in [2.24, 2.45) is 0 Å². The highest BCUT2D eigenvalue weighted by atomic mass is 35.5. The molecular formula is C8H16ClNO2. The van der Waals surface area contributed by atoms with Crippen molar-refractivity contribution in [3.8, 4) is 0 Å². The number of rotatable bonds is 0. The van der Waals surface area contributed by atoms with Crippen molar-refractivity contribution in [3.05, 3.63) is 0 Å². The van der Waals surface area contributed by atoms with Gasteiger partial charge in [-0.3, -0.25) is 0 Å². The third kappa shape index (κ3) is 1.08. The fourth-order valence-corrected chi connectivity index (χ4v) is 1.95.